The molecule has 11 rings (SSSR count). The third kappa shape index (κ3) is 6.23. The first-order valence-electron chi connectivity index (χ1n) is 20.6. The molecule has 0 N–H and O–H groups in total. The Morgan fingerprint density at radius 1 is 0.233 bits per heavy atom. The van der Waals surface area contributed by atoms with Crippen molar-refractivity contribution in [1.82, 2.24) is 0 Å². The number of nitrogens with zero attached hydrogens (tertiary/aromatic N) is 2. The molecule has 0 bridgehead atoms. The van der Waals surface area contributed by atoms with E-state index in [4.69, 9.17) is 0 Å². The summed E-state index contributed by atoms with van der Waals surface area (Å²) in [5, 5.41) is 9.96. The molecule has 11 aromatic carbocycles. The minimum Gasteiger partial charge on any atom is -0.311 e. The predicted molar refractivity (Wildman–Crippen MR) is 257 cm³/mol. The molecule has 0 fully saturated rings. The average molecular weight is 765 g/mol. The molecule has 2 nitrogen and oxygen atoms in total. The molecule has 0 saturated carbocycles. The van der Waals surface area contributed by atoms with E-state index < -0.39 is 0 Å². The molecule has 0 heterocycles. The van der Waals surface area contributed by atoms with Crippen molar-refractivity contribution in [3.63, 3.8) is 0 Å². The van der Waals surface area contributed by atoms with Gasteiger partial charge in [-0.05, 0) is 150 Å². The smallest absolute Gasteiger partial charge is 0.0462 e. The second-order valence-electron chi connectivity index (χ2n) is 15.3. The first-order valence-corrected chi connectivity index (χ1v) is 20.6. The van der Waals surface area contributed by atoms with Gasteiger partial charge < -0.3 is 9.80 Å². The van der Waals surface area contributed by atoms with Gasteiger partial charge in [0.1, 0.15) is 0 Å². The van der Waals surface area contributed by atoms with E-state index in [1.165, 1.54) is 65.3 Å². The van der Waals surface area contributed by atoms with Gasteiger partial charge in [-0.1, -0.05) is 158 Å². The fraction of sp³-hybridized carbons (Fsp3) is 0. The normalized spacial score (nSPS) is 11.3. The van der Waals surface area contributed by atoms with E-state index in [1.807, 2.05) is 0 Å². The maximum atomic E-state index is 2.45. The lowest BCUT2D eigenvalue weighted by molar-refractivity contribution is 1.28. The molecule has 11 aromatic rings. The second-order valence-corrected chi connectivity index (χ2v) is 15.3. The molecule has 0 aliphatic heterocycles. The molecule has 0 atom stereocenters. The van der Waals surface area contributed by atoms with Crippen LogP contribution in [-0.2, 0) is 0 Å². The highest BCUT2D eigenvalue weighted by atomic mass is 15.1. The van der Waals surface area contributed by atoms with Gasteiger partial charge in [0.25, 0.3) is 0 Å². The lowest BCUT2D eigenvalue weighted by Crippen LogP contribution is -2.09. The summed E-state index contributed by atoms with van der Waals surface area (Å²) in [6, 6.07) is 87.9. The van der Waals surface area contributed by atoms with Crippen LogP contribution in [0.2, 0.25) is 0 Å². The topological polar surface area (TPSA) is 6.48 Å². The maximum Gasteiger partial charge on any atom is 0.0462 e. The maximum absolute atomic E-state index is 2.45. The van der Waals surface area contributed by atoms with Crippen molar-refractivity contribution in [2.24, 2.45) is 0 Å². The van der Waals surface area contributed by atoms with Crippen LogP contribution in [0.1, 0.15) is 0 Å². The van der Waals surface area contributed by atoms with E-state index in [2.05, 4.69) is 252 Å². The van der Waals surface area contributed by atoms with E-state index in [0.717, 1.165) is 34.1 Å². The van der Waals surface area contributed by atoms with Gasteiger partial charge in [-0.3, -0.25) is 0 Å². The third-order valence-corrected chi connectivity index (χ3v) is 11.8. The summed E-state index contributed by atoms with van der Waals surface area (Å²) < 4.78 is 0. The molecule has 60 heavy (non-hydrogen) atoms. The number of hydrogen-bond acceptors (Lipinski definition) is 2. The van der Waals surface area contributed by atoms with Crippen LogP contribution in [-0.4, -0.2) is 0 Å². The van der Waals surface area contributed by atoms with Crippen molar-refractivity contribution in [3.8, 4) is 22.3 Å². The Hall–Kier alpha value is -7.94. The monoisotopic (exact) mass is 764 g/mol. The Balaban J connectivity index is 1.14. The summed E-state index contributed by atoms with van der Waals surface area (Å²) in [5.41, 5.74) is 11.5. The standard InChI is InChI=1S/C58H40N2/c1-5-19-45(20-6-1)59(46-21-7-2-8-22-46)49-34-29-42(30-35-49)54-39-44-18-14-16-28-52(44)58-56(54)40-55-51-27-15-13-17-41(51)33-38-53(55)57(58)43-31-36-50(37-32-43)60(47-23-9-3-10-24-47)48-25-11-4-12-26-48/h1-40H. The number of benzene rings is 11. The highest BCUT2D eigenvalue weighted by Gasteiger charge is 2.20. The van der Waals surface area contributed by atoms with Crippen LogP contribution in [0.25, 0.3) is 65.3 Å². The van der Waals surface area contributed by atoms with Gasteiger partial charge in [0.05, 0.1) is 0 Å². The van der Waals surface area contributed by atoms with Gasteiger partial charge in [0.15, 0.2) is 0 Å². The van der Waals surface area contributed by atoms with Crippen LogP contribution >= 0.6 is 0 Å². The van der Waals surface area contributed by atoms with Crippen LogP contribution in [0.15, 0.2) is 243 Å². The molecule has 0 radical (unpaired) electrons. The summed E-state index contributed by atoms with van der Waals surface area (Å²) >= 11 is 0. The quantitative estimate of drug-likeness (QED) is 0.112. The summed E-state index contributed by atoms with van der Waals surface area (Å²) in [4.78, 5) is 4.65. The molecular weight excluding hydrogens is 725 g/mol. The molecule has 0 unspecified atom stereocenters. The Morgan fingerprint density at radius 2 is 0.650 bits per heavy atom. The highest BCUT2D eigenvalue weighted by molar-refractivity contribution is 6.28. The first kappa shape index (κ1) is 35.2. The molecule has 0 spiro atoms. The molecule has 2 heteroatoms. The second kappa shape index (κ2) is 15.1. The molecule has 0 aliphatic rings. The zero-order chi connectivity index (χ0) is 39.8. The summed E-state index contributed by atoms with van der Waals surface area (Å²) in [7, 11) is 0. The first-order chi connectivity index (χ1) is 29.8. The predicted octanol–water partition coefficient (Wildman–Crippen LogP) is 16.6. The van der Waals surface area contributed by atoms with Crippen LogP contribution in [0, 0.1) is 0 Å². The molecular formula is C58H40N2. The Bertz CT molecular complexity index is 3190. The third-order valence-electron chi connectivity index (χ3n) is 11.8. The van der Waals surface area contributed by atoms with E-state index in [9.17, 15) is 0 Å². The number of para-hydroxylation sites is 4. The van der Waals surface area contributed by atoms with Crippen molar-refractivity contribution < 1.29 is 0 Å². The summed E-state index contributed by atoms with van der Waals surface area (Å²) in [5.74, 6) is 0. The van der Waals surface area contributed by atoms with Crippen molar-refractivity contribution in [1.29, 1.82) is 0 Å². The zero-order valence-corrected chi connectivity index (χ0v) is 33.0. The van der Waals surface area contributed by atoms with Crippen LogP contribution in [0.4, 0.5) is 34.1 Å². The number of rotatable bonds is 8. The van der Waals surface area contributed by atoms with Gasteiger partial charge in [0, 0.05) is 34.1 Å². The lowest BCUT2D eigenvalue weighted by atomic mass is 9.84. The molecule has 0 aliphatic carbocycles. The fourth-order valence-corrected chi connectivity index (χ4v) is 9.04. The molecule has 282 valence electrons. The van der Waals surface area contributed by atoms with Gasteiger partial charge in [-0.25, -0.2) is 0 Å². The van der Waals surface area contributed by atoms with Crippen molar-refractivity contribution in [2.45, 2.75) is 0 Å². The fourth-order valence-electron chi connectivity index (χ4n) is 9.04. The van der Waals surface area contributed by atoms with Crippen molar-refractivity contribution in [2.75, 3.05) is 9.80 Å². The van der Waals surface area contributed by atoms with Gasteiger partial charge in [-0.2, -0.15) is 0 Å². The Morgan fingerprint density at radius 3 is 1.17 bits per heavy atom. The van der Waals surface area contributed by atoms with Gasteiger partial charge in [0.2, 0.25) is 0 Å². The molecule has 0 amide bonds. The van der Waals surface area contributed by atoms with Crippen molar-refractivity contribution >= 4 is 77.2 Å². The minimum atomic E-state index is 1.11. The molecule has 0 aromatic heterocycles. The van der Waals surface area contributed by atoms with Crippen LogP contribution in [0.5, 0.6) is 0 Å². The average Bonchev–Trinajstić information content (AvgIpc) is 3.33. The Labute approximate surface area is 350 Å². The Kier molecular flexibility index (Phi) is 8.87. The SMILES string of the molecule is c1ccc(N(c2ccccc2)c2ccc(-c3cc4ccccc4c4c(-c5ccc(N(c6ccccc6)c6ccccc6)cc5)c5ccc6ccccc6c5cc34)cc2)cc1. The van der Waals surface area contributed by atoms with E-state index in [1.54, 1.807) is 0 Å². The van der Waals surface area contributed by atoms with Gasteiger partial charge >= 0.3 is 0 Å². The summed E-state index contributed by atoms with van der Waals surface area (Å²) in [6.07, 6.45) is 0. The lowest BCUT2D eigenvalue weighted by Gasteiger charge is -2.26. The zero-order valence-electron chi connectivity index (χ0n) is 33.0. The number of anilines is 6. The highest BCUT2D eigenvalue weighted by Crippen LogP contribution is 2.47. The largest absolute Gasteiger partial charge is 0.311 e. The number of hydrogen-bond donors (Lipinski definition) is 0. The van der Waals surface area contributed by atoms with E-state index >= 15 is 0 Å². The molecule has 0 saturated heterocycles. The minimum absolute atomic E-state index is 1.11. The van der Waals surface area contributed by atoms with E-state index in [-0.39, 0.29) is 0 Å². The van der Waals surface area contributed by atoms with Gasteiger partial charge in [-0.15, -0.1) is 0 Å². The van der Waals surface area contributed by atoms with E-state index in [0.29, 0.717) is 0 Å². The van der Waals surface area contributed by atoms with Crippen LogP contribution < -0.4 is 9.80 Å². The van der Waals surface area contributed by atoms with Crippen molar-refractivity contribution in [3.05, 3.63) is 243 Å². The summed E-state index contributed by atoms with van der Waals surface area (Å²) in [6.45, 7) is 0. The van der Waals surface area contributed by atoms with Crippen LogP contribution in [0.3, 0.4) is 0 Å². The number of fused-ring (bicyclic) bond motifs is 6.